The van der Waals surface area contributed by atoms with Gasteiger partial charge in [-0.3, -0.25) is 0 Å². The first-order valence-corrected chi connectivity index (χ1v) is 8.66. The molecule has 0 amide bonds. The second kappa shape index (κ2) is 7.06. The highest BCUT2D eigenvalue weighted by molar-refractivity contribution is 5.86. The maximum absolute atomic E-state index is 11.1. The van der Waals surface area contributed by atoms with Crippen molar-refractivity contribution in [2.45, 2.75) is 12.6 Å². The number of hydrogen-bond donors (Lipinski definition) is 2. The molecule has 0 aliphatic rings. The molecule has 3 heteroatoms. The van der Waals surface area contributed by atoms with Gasteiger partial charge in [-0.25, -0.2) is 0 Å². The third-order valence-corrected chi connectivity index (χ3v) is 4.64. The number of fused-ring (bicyclic) bond motifs is 1. The first kappa shape index (κ1) is 16.4. The number of aliphatic hydroxyl groups is 1. The van der Waals surface area contributed by atoms with Gasteiger partial charge in [0, 0.05) is 18.1 Å². The van der Waals surface area contributed by atoms with Crippen molar-refractivity contribution in [1.29, 1.82) is 0 Å². The fourth-order valence-corrected chi connectivity index (χ4v) is 3.44. The molecule has 1 aromatic heterocycles. The van der Waals surface area contributed by atoms with E-state index in [1.165, 1.54) is 0 Å². The SMILES string of the molecule is Oc1cn(CC(O)[C](c2ccccc2)c2ccccc2)c2ccccc12. The minimum absolute atomic E-state index is 0.230. The highest BCUT2D eigenvalue weighted by Gasteiger charge is 2.25. The molecule has 4 rings (SSSR count). The molecule has 0 saturated carbocycles. The van der Waals surface area contributed by atoms with Crippen LogP contribution in [0.2, 0.25) is 0 Å². The van der Waals surface area contributed by atoms with Crippen LogP contribution in [0.25, 0.3) is 10.9 Å². The molecule has 0 bridgehead atoms. The monoisotopic (exact) mass is 342 g/mol. The summed E-state index contributed by atoms with van der Waals surface area (Å²) in [7, 11) is 0. The van der Waals surface area contributed by atoms with E-state index in [1.54, 1.807) is 6.20 Å². The third kappa shape index (κ3) is 3.09. The summed E-state index contributed by atoms with van der Waals surface area (Å²) in [5.41, 5.74) is 2.89. The second-order valence-electron chi connectivity index (χ2n) is 6.35. The predicted octanol–water partition coefficient (Wildman–Crippen LogP) is 4.38. The lowest BCUT2D eigenvalue weighted by Crippen LogP contribution is -2.25. The van der Waals surface area contributed by atoms with Gasteiger partial charge in [0.05, 0.1) is 17.5 Å². The van der Waals surface area contributed by atoms with Gasteiger partial charge in [-0.15, -0.1) is 0 Å². The highest BCUT2D eigenvalue weighted by atomic mass is 16.3. The van der Waals surface area contributed by atoms with Crippen LogP contribution in [0, 0.1) is 5.92 Å². The molecule has 2 N–H and O–H groups in total. The largest absolute Gasteiger partial charge is 0.506 e. The van der Waals surface area contributed by atoms with Gasteiger partial charge < -0.3 is 14.8 Å². The zero-order chi connectivity index (χ0) is 17.9. The zero-order valence-electron chi connectivity index (χ0n) is 14.3. The van der Waals surface area contributed by atoms with E-state index in [9.17, 15) is 10.2 Å². The van der Waals surface area contributed by atoms with Crippen LogP contribution in [0.1, 0.15) is 11.1 Å². The molecular weight excluding hydrogens is 322 g/mol. The van der Waals surface area contributed by atoms with Crippen molar-refractivity contribution < 1.29 is 10.2 Å². The second-order valence-corrected chi connectivity index (χ2v) is 6.35. The Morgan fingerprint density at radius 2 is 1.31 bits per heavy atom. The number of aromatic hydroxyl groups is 1. The molecule has 1 atom stereocenters. The van der Waals surface area contributed by atoms with Crippen LogP contribution >= 0.6 is 0 Å². The highest BCUT2D eigenvalue weighted by Crippen LogP contribution is 2.31. The molecular formula is C23H20NO2. The number of benzene rings is 3. The van der Waals surface area contributed by atoms with Gasteiger partial charge in [0.1, 0.15) is 5.75 Å². The van der Waals surface area contributed by atoms with Gasteiger partial charge >= 0.3 is 0 Å². The van der Waals surface area contributed by atoms with Crippen LogP contribution in [0.15, 0.2) is 91.1 Å². The Bertz CT molecular complexity index is 953. The van der Waals surface area contributed by atoms with Gasteiger partial charge in [0.25, 0.3) is 0 Å². The van der Waals surface area contributed by atoms with Crippen LogP contribution in [0.4, 0.5) is 0 Å². The Morgan fingerprint density at radius 1 is 0.769 bits per heavy atom. The Hall–Kier alpha value is -3.04. The summed E-state index contributed by atoms with van der Waals surface area (Å²) in [6, 6.07) is 27.5. The fraction of sp³-hybridized carbons (Fsp3) is 0.0870. The third-order valence-electron chi connectivity index (χ3n) is 4.64. The summed E-state index contributed by atoms with van der Waals surface area (Å²) in [5.74, 6) is 1.11. The molecule has 0 saturated heterocycles. The van der Waals surface area contributed by atoms with E-state index in [0.29, 0.717) is 6.54 Å². The van der Waals surface area contributed by atoms with Crippen molar-refractivity contribution in [2.24, 2.45) is 0 Å². The van der Waals surface area contributed by atoms with Gasteiger partial charge in [0.15, 0.2) is 0 Å². The minimum Gasteiger partial charge on any atom is -0.506 e. The van der Waals surface area contributed by atoms with Crippen LogP contribution in [0.3, 0.4) is 0 Å². The molecule has 3 aromatic carbocycles. The number of para-hydroxylation sites is 1. The number of aromatic nitrogens is 1. The van der Waals surface area contributed by atoms with E-state index in [4.69, 9.17) is 0 Å². The van der Waals surface area contributed by atoms with Crippen molar-refractivity contribution in [3.8, 4) is 5.75 Å². The quantitative estimate of drug-likeness (QED) is 0.565. The van der Waals surface area contributed by atoms with Crippen molar-refractivity contribution >= 4 is 10.9 Å². The van der Waals surface area contributed by atoms with Gasteiger partial charge in [-0.2, -0.15) is 0 Å². The summed E-state index contributed by atoms with van der Waals surface area (Å²) in [6.07, 6.45) is 0.969. The topological polar surface area (TPSA) is 45.4 Å². The molecule has 129 valence electrons. The lowest BCUT2D eigenvalue weighted by Gasteiger charge is -2.24. The Morgan fingerprint density at radius 3 is 1.92 bits per heavy atom. The number of hydrogen-bond acceptors (Lipinski definition) is 2. The molecule has 0 fully saturated rings. The predicted molar refractivity (Wildman–Crippen MR) is 104 cm³/mol. The average molecular weight is 342 g/mol. The van der Waals surface area contributed by atoms with Gasteiger partial charge in [0.2, 0.25) is 0 Å². The average Bonchev–Trinajstić information content (AvgIpc) is 3.00. The molecule has 0 spiro atoms. The fourth-order valence-electron chi connectivity index (χ4n) is 3.44. The van der Waals surface area contributed by atoms with Crippen LogP contribution < -0.4 is 0 Å². The van der Waals surface area contributed by atoms with Gasteiger partial charge in [-0.1, -0.05) is 72.8 Å². The van der Waals surface area contributed by atoms with E-state index in [-0.39, 0.29) is 5.75 Å². The standard InChI is InChI=1S/C23H20NO2/c25-21-15-24(20-14-8-7-13-19(20)21)16-22(26)23(17-9-3-1-4-10-17)18-11-5-2-6-12-18/h1-15,22,25-26H,16H2. The van der Waals surface area contributed by atoms with Crippen molar-refractivity contribution in [3.05, 3.63) is 108 Å². The summed E-state index contributed by atoms with van der Waals surface area (Å²) in [5, 5.41) is 22.1. The molecule has 4 aromatic rings. The molecule has 3 nitrogen and oxygen atoms in total. The van der Waals surface area contributed by atoms with Crippen molar-refractivity contribution in [3.63, 3.8) is 0 Å². The Labute approximate surface area is 152 Å². The van der Waals surface area contributed by atoms with Gasteiger partial charge in [-0.05, 0) is 23.3 Å². The summed E-state index contributed by atoms with van der Waals surface area (Å²) in [4.78, 5) is 0. The number of rotatable bonds is 5. The molecule has 1 unspecified atom stereocenters. The van der Waals surface area contributed by atoms with E-state index in [2.05, 4.69) is 0 Å². The molecule has 26 heavy (non-hydrogen) atoms. The van der Waals surface area contributed by atoms with Crippen molar-refractivity contribution in [2.75, 3.05) is 0 Å². The summed E-state index contributed by atoms with van der Waals surface area (Å²) < 4.78 is 1.90. The lowest BCUT2D eigenvalue weighted by atomic mass is 9.86. The Kier molecular flexibility index (Phi) is 4.46. The van der Waals surface area contributed by atoms with Crippen LogP contribution in [0.5, 0.6) is 5.75 Å². The zero-order valence-corrected chi connectivity index (χ0v) is 14.3. The number of aliphatic hydroxyl groups excluding tert-OH is 1. The maximum Gasteiger partial charge on any atom is 0.141 e. The van der Waals surface area contributed by atoms with Crippen LogP contribution in [-0.2, 0) is 6.54 Å². The van der Waals surface area contributed by atoms with Crippen molar-refractivity contribution in [1.82, 2.24) is 4.57 Å². The van der Waals surface area contributed by atoms with E-state index >= 15 is 0 Å². The lowest BCUT2D eigenvalue weighted by molar-refractivity contribution is 0.177. The molecule has 1 radical (unpaired) electrons. The maximum atomic E-state index is 11.1. The van der Waals surface area contributed by atoms with E-state index in [0.717, 1.165) is 27.9 Å². The first-order valence-electron chi connectivity index (χ1n) is 8.66. The molecule has 1 heterocycles. The van der Waals surface area contributed by atoms with Crippen LogP contribution in [-0.4, -0.2) is 20.9 Å². The molecule has 0 aliphatic heterocycles. The van der Waals surface area contributed by atoms with E-state index < -0.39 is 6.10 Å². The first-order chi connectivity index (χ1) is 12.7. The Balaban J connectivity index is 1.72. The number of nitrogens with zero attached hydrogens (tertiary/aromatic N) is 1. The smallest absolute Gasteiger partial charge is 0.141 e. The minimum atomic E-state index is -0.713. The van der Waals surface area contributed by atoms with E-state index in [1.807, 2.05) is 89.5 Å². The summed E-state index contributed by atoms with van der Waals surface area (Å²) >= 11 is 0. The summed E-state index contributed by atoms with van der Waals surface area (Å²) in [6.45, 7) is 0.361. The molecule has 0 aliphatic carbocycles. The normalized spacial score (nSPS) is 12.5.